The standard InChI is InChI=1S/C26H26ClN3O8/c1-15-9-18(27)10-16(2)23(15)38-14-21(33)37-13-19(31)22-24(28)29(11-17-7-5-4-6-8-17)26(35)30(25(22)34)12-20(32)36-3/h4-10H,11-14,28H2,1-3H3. The van der Waals surface area contributed by atoms with Crippen LogP contribution in [0.1, 0.15) is 27.0 Å². The fourth-order valence-electron chi connectivity index (χ4n) is 3.75. The molecule has 200 valence electrons. The van der Waals surface area contributed by atoms with Crippen LogP contribution in [0.5, 0.6) is 5.75 Å². The van der Waals surface area contributed by atoms with Gasteiger partial charge < -0.3 is 19.9 Å². The minimum absolute atomic E-state index is 0.0827. The summed E-state index contributed by atoms with van der Waals surface area (Å²) < 4.78 is 16.6. The molecule has 1 aromatic heterocycles. The van der Waals surface area contributed by atoms with Crippen LogP contribution in [0.4, 0.5) is 5.82 Å². The van der Waals surface area contributed by atoms with Crippen molar-refractivity contribution in [1.29, 1.82) is 0 Å². The lowest BCUT2D eigenvalue weighted by molar-refractivity contribution is -0.145. The van der Waals surface area contributed by atoms with E-state index in [-0.39, 0.29) is 6.54 Å². The third kappa shape index (κ3) is 6.48. The Morgan fingerprint density at radius 3 is 2.18 bits per heavy atom. The Morgan fingerprint density at radius 1 is 0.947 bits per heavy atom. The van der Waals surface area contributed by atoms with E-state index in [0.29, 0.717) is 32.0 Å². The molecule has 11 nitrogen and oxygen atoms in total. The van der Waals surface area contributed by atoms with Gasteiger partial charge in [0.15, 0.2) is 13.2 Å². The van der Waals surface area contributed by atoms with E-state index in [1.807, 2.05) is 0 Å². The topological polar surface area (TPSA) is 149 Å². The van der Waals surface area contributed by atoms with Gasteiger partial charge in [0.1, 0.15) is 23.7 Å². The lowest BCUT2D eigenvalue weighted by Crippen LogP contribution is -2.46. The Morgan fingerprint density at radius 2 is 1.58 bits per heavy atom. The second-order valence-corrected chi connectivity index (χ2v) is 8.76. The zero-order chi connectivity index (χ0) is 28.0. The summed E-state index contributed by atoms with van der Waals surface area (Å²) in [6.45, 7) is 1.34. The van der Waals surface area contributed by atoms with Crippen LogP contribution >= 0.6 is 11.6 Å². The van der Waals surface area contributed by atoms with Gasteiger partial charge in [-0.3, -0.25) is 19.0 Å². The van der Waals surface area contributed by atoms with Gasteiger partial charge in [0.2, 0.25) is 5.78 Å². The van der Waals surface area contributed by atoms with E-state index >= 15 is 0 Å². The van der Waals surface area contributed by atoms with E-state index in [1.165, 1.54) is 0 Å². The smallest absolute Gasteiger partial charge is 0.344 e. The number of nitrogens with zero attached hydrogens (tertiary/aromatic N) is 2. The molecule has 2 N–H and O–H groups in total. The maximum atomic E-state index is 13.0. The Balaban J connectivity index is 1.85. The van der Waals surface area contributed by atoms with Gasteiger partial charge in [-0.05, 0) is 42.7 Å². The van der Waals surface area contributed by atoms with E-state index in [9.17, 15) is 24.0 Å². The molecule has 0 atom stereocenters. The number of esters is 2. The van der Waals surface area contributed by atoms with Crippen LogP contribution < -0.4 is 21.7 Å². The zero-order valence-electron chi connectivity index (χ0n) is 21.0. The third-order valence-electron chi connectivity index (χ3n) is 5.57. The van der Waals surface area contributed by atoms with E-state index < -0.39 is 60.1 Å². The van der Waals surface area contributed by atoms with Crippen LogP contribution in [0.25, 0.3) is 0 Å². The van der Waals surface area contributed by atoms with Gasteiger partial charge in [-0.15, -0.1) is 0 Å². The molecule has 0 radical (unpaired) electrons. The first-order valence-electron chi connectivity index (χ1n) is 11.4. The number of aromatic nitrogens is 2. The van der Waals surface area contributed by atoms with E-state index in [0.717, 1.165) is 11.7 Å². The number of carbonyl (C=O) groups excluding carboxylic acids is 3. The van der Waals surface area contributed by atoms with Gasteiger partial charge in [0, 0.05) is 5.02 Å². The number of nitrogen functional groups attached to an aromatic ring is 1. The normalized spacial score (nSPS) is 10.6. The van der Waals surface area contributed by atoms with Crippen molar-refractivity contribution in [3.63, 3.8) is 0 Å². The second-order valence-electron chi connectivity index (χ2n) is 8.32. The highest BCUT2D eigenvalue weighted by Gasteiger charge is 2.25. The maximum Gasteiger partial charge on any atom is 0.344 e. The van der Waals surface area contributed by atoms with E-state index in [4.69, 9.17) is 26.8 Å². The first kappa shape index (κ1) is 28.2. The first-order valence-corrected chi connectivity index (χ1v) is 11.7. The fourth-order valence-corrected chi connectivity index (χ4v) is 4.07. The number of Topliss-reactive ketones (excluding diaryl/α,β-unsaturated/α-hetero) is 1. The number of anilines is 1. The van der Waals surface area contributed by atoms with Gasteiger partial charge in [-0.2, -0.15) is 0 Å². The van der Waals surface area contributed by atoms with Crippen molar-refractivity contribution < 1.29 is 28.6 Å². The Kier molecular flexibility index (Phi) is 9.08. The molecular formula is C26H26ClN3O8. The van der Waals surface area contributed by atoms with Gasteiger partial charge in [0.05, 0.1) is 13.7 Å². The summed E-state index contributed by atoms with van der Waals surface area (Å²) in [5, 5.41) is 0.518. The lowest BCUT2D eigenvalue weighted by Gasteiger charge is -2.16. The molecule has 1 heterocycles. The molecule has 0 spiro atoms. The number of aryl methyl sites for hydroxylation is 2. The van der Waals surface area contributed by atoms with Gasteiger partial charge in [-0.25, -0.2) is 14.2 Å². The minimum Gasteiger partial charge on any atom is -0.481 e. The highest BCUT2D eigenvalue weighted by Crippen LogP contribution is 2.27. The molecule has 0 saturated carbocycles. The molecule has 38 heavy (non-hydrogen) atoms. The molecule has 0 aliphatic heterocycles. The number of hydrogen-bond acceptors (Lipinski definition) is 9. The van der Waals surface area contributed by atoms with Crippen LogP contribution in [0.3, 0.4) is 0 Å². The van der Waals surface area contributed by atoms with Crippen molar-refractivity contribution in [2.24, 2.45) is 0 Å². The zero-order valence-corrected chi connectivity index (χ0v) is 21.7. The molecule has 0 bridgehead atoms. The highest BCUT2D eigenvalue weighted by molar-refractivity contribution is 6.30. The van der Waals surface area contributed by atoms with Crippen LogP contribution in [-0.2, 0) is 32.2 Å². The summed E-state index contributed by atoms with van der Waals surface area (Å²) in [6.07, 6.45) is 0. The lowest BCUT2D eigenvalue weighted by atomic mass is 10.1. The number of hydrogen-bond donors (Lipinski definition) is 1. The summed E-state index contributed by atoms with van der Waals surface area (Å²) in [5.74, 6) is -2.69. The maximum absolute atomic E-state index is 13.0. The largest absolute Gasteiger partial charge is 0.481 e. The average Bonchev–Trinajstić information content (AvgIpc) is 2.87. The number of nitrogens with two attached hydrogens (primary N) is 1. The number of carbonyl (C=O) groups is 3. The predicted octanol–water partition coefficient (Wildman–Crippen LogP) is 1.89. The van der Waals surface area contributed by atoms with Crippen LogP contribution in [-0.4, -0.2) is 47.2 Å². The van der Waals surface area contributed by atoms with Crippen molar-refractivity contribution >= 4 is 35.1 Å². The van der Waals surface area contributed by atoms with Gasteiger partial charge in [-0.1, -0.05) is 41.9 Å². The summed E-state index contributed by atoms with van der Waals surface area (Å²) in [7, 11) is 1.09. The monoisotopic (exact) mass is 543 g/mol. The molecular weight excluding hydrogens is 518 g/mol. The van der Waals surface area contributed by atoms with E-state index in [1.54, 1.807) is 56.3 Å². The molecule has 0 aliphatic rings. The molecule has 0 saturated heterocycles. The molecule has 0 fully saturated rings. The number of rotatable bonds is 10. The fraction of sp³-hybridized carbons (Fsp3) is 0.269. The number of ketones is 1. The molecule has 2 aromatic carbocycles. The number of methoxy groups -OCH3 is 1. The second kappa shape index (κ2) is 12.2. The summed E-state index contributed by atoms with van der Waals surface area (Å²) in [4.78, 5) is 63.2. The Bertz CT molecular complexity index is 1470. The van der Waals surface area contributed by atoms with Crippen molar-refractivity contribution in [3.05, 3.63) is 90.6 Å². The predicted molar refractivity (Wildman–Crippen MR) is 139 cm³/mol. The van der Waals surface area contributed by atoms with Crippen LogP contribution in [0.2, 0.25) is 5.02 Å². The van der Waals surface area contributed by atoms with E-state index in [2.05, 4.69) is 4.74 Å². The average molecular weight is 544 g/mol. The molecule has 12 heteroatoms. The molecule has 0 amide bonds. The van der Waals surface area contributed by atoms with Crippen molar-refractivity contribution in [2.45, 2.75) is 26.9 Å². The molecule has 3 aromatic rings. The van der Waals surface area contributed by atoms with Crippen LogP contribution in [0.15, 0.2) is 52.1 Å². The van der Waals surface area contributed by atoms with Gasteiger partial charge in [0.25, 0.3) is 5.56 Å². The van der Waals surface area contributed by atoms with Crippen LogP contribution in [0, 0.1) is 13.8 Å². The van der Waals surface area contributed by atoms with Gasteiger partial charge >= 0.3 is 17.6 Å². The van der Waals surface area contributed by atoms with Crippen molar-refractivity contribution in [1.82, 2.24) is 9.13 Å². The number of halogens is 1. The number of benzene rings is 2. The SMILES string of the molecule is COC(=O)Cn1c(=O)c(C(=O)COC(=O)COc2c(C)cc(Cl)cc2C)c(N)n(Cc2ccccc2)c1=O. The molecule has 0 unspecified atom stereocenters. The Labute approximate surface area is 222 Å². The Hall–Kier alpha value is -4.38. The third-order valence-corrected chi connectivity index (χ3v) is 5.79. The summed E-state index contributed by atoms with van der Waals surface area (Å²) in [6, 6.07) is 12.0. The van der Waals surface area contributed by atoms with Crippen molar-refractivity contribution in [3.8, 4) is 5.75 Å². The minimum atomic E-state index is -1.10. The summed E-state index contributed by atoms with van der Waals surface area (Å²) in [5.41, 5.74) is 5.55. The first-order chi connectivity index (χ1) is 18.0. The molecule has 3 rings (SSSR count). The highest BCUT2D eigenvalue weighted by atomic mass is 35.5. The summed E-state index contributed by atoms with van der Waals surface area (Å²) >= 11 is 6.00. The number of ether oxygens (including phenoxy) is 3. The molecule has 0 aliphatic carbocycles. The quantitative estimate of drug-likeness (QED) is 0.299. The van der Waals surface area contributed by atoms with Crippen molar-refractivity contribution in [2.75, 3.05) is 26.1 Å².